The van der Waals surface area contributed by atoms with Gasteiger partial charge in [0, 0.05) is 24.7 Å². The van der Waals surface area contributed by atoms with E-state index in [1.54, 1.807) is 19.1 Å². The van der Waals surface area contributed by atoms with E-state index in [2.05, 4.69) is 12.2 Å². The first-order chi connectivity index (χ1) is 14.1. The van der Waals surface area contributed by atoms with Gasteiger partial charge in [-0.1, -0.05) is 56.7 Å². The van der Waals surface area contributed by atoms with E-state index < -0.39 is 5.92 Å². The summed E-state index contributed by atoms with van der Waals surface area (Å²) in [7, 11) is 0. The molecule has 1 nitrogen and oxygen atoms in total. The highest BCUT2D eigenvalue weighted by atomic mass is 19.3. The predicted octanol–water partition coefficient (Wildman–Crippen LogP) is 8.23. The molecule has 1 N–H and O–H groups in total. The zero-order valence-electron chi connectivity index (χ0n) is 19.4. The molecule has 0 spiro atoms. The first kappa shape index (κ1) is 25.8. The van der Waals surface area contributed by atoms with Gasteiger partial charge in [0.25, 0.3) is 5.92 Å². The molecular formula is C26H36F3N. The van der Waals surface area contributed by atoms with E-state index in [1.165, 1.54) is 13.0 Å². The second-order valence-electron chi connectivity index (χ2n) is 7.77. The molecule has 0 unspecified atom stereocenters. The van der Waals surface area contributed by atoms with Crippen LogP contribution in [0.1, 0.15) is 77.5 Å². The predicted molar refractivity (Wildman–Crippen MR) is 124 cm³/mol. The minimum absolute atomic E-state index is 0.0415. The third-order valence-electron chi connectivity index (χ3n) is 5.24. The number of aryl methyl sites for hydroxylation is 1. The van der Waals surface area contributed by atoms with Crippen molar-refractivity contribution >= 4 is 11.3 Å². The largest absolute Gasteiger partial charge is 0.385 e. The Labute approximate surface area is 180 Å². The van der Waals surface area contributed by atoms with Gasteiger partial charge in [-0.25, -0.2) is 13.2 Å². The molecule has 0 bridgehead atoms. The number of nitrogens with one attached hydrogen (secondary N) is 1. The monoisotopic (exact) mass is 419 g/mol. The van der Waals surface area contributed by atoms with Crippen LogP contribution in [0, 0.1) is 12.7 Å². The molecule has 1 aromatic carbocycles. The quantitative estimate of drug-likeness (QED) is 0.297. The van der Waals surface area contributed by atoms with E-state index in [0.717, 1.165) is 44.0 Å². The molecule has 0 fully saturated rings. The van der Waals surface area contributed by atoms with Crippen molar-refractivity contribution in [1.29, 1.82) is 0 Å². The van der Waals surface area contributed by atoms with E-state index in [0.29, 0.717) is 22.3 Å². The Bertz CT molecular complexity index is 837. The standard InChI is InChI=1S/C26H36F3N/c1-8-11-17-30-25(18(4)10-3)23-22(16-13-19(5)24(23)27)21(12-9-2)15-14-20(6)26(7,28)29/h9,12-16,30H,8,10-11,17H2,1-7H3/b12-9+,20-14+,21-15+,25-18-. The van der Waals surface area contributed by atoms with Crippen LogP contribution in [0.15, 0.2) is 47.6 Å². The molecule has 30 heavy (non-hydrogen) atoms. The summed E-state index contributed by atoms with van der Waals surface area (Å²) in [5.74, 6) is -3.18. The maximum atomic E-state index is 15.4. The fourth-order valence-electron chi connectivity index (χ4n) is 2.96. The minimum Gasteiger partial charge on any atom is -0.385 e. The SMILES string of the molecule is C/C=C/C(=C\C=C(/C)C(C)(F)F)c1ccc(C)c(F)c1/C(NCCCC)=C(\C)CC. The maximum Gasteiger partial charge on any atom is 0.266 e. The summed E-state index contributed by atoms with van der Waals surface area (Å²) in [5, 5.41) is 3.44. The van der Waals surface area contributed by atoms with Gasteiger partial charge in [0.2, 0.25) is 0 Å². The molecular weight excluding hydrogens is 383 g/mol. The summed E-state index contributed by atoms with van der Waals surface area (Å²) in [6.45, 7) is 12.8. The highest BCUT2D eigenvalue weighted by Gasteiger charge is 2.23. The summed E-state index contributed by atoms with van der Waals surface area (Å²) < 4.78 is 42.7. The molecule has 0 aliphatic carbocycles. The molecule has 0 aliphatic rings. The Balaban J connectivity index is 3.75. The van der Waals surface area contributed by atoms with Gasteiger partial charge in [-0.3, -0.25) is 0 Å². The first-order valence-electron chi connectivity index (χ1n) is 10.7. The molecule has 0 aliphatic heterocycles. The van der Waals surface area contributed by atoms with Gasteiger partial charge >= 0.3 is 0 Å². The van der Waals surface area contributed by atoms with Crippen molar-refractivity contribution in [2.24, 2.45) is 0 Å². The second kappa shape index (κ2) is 11.8. The maximum absolute atomic E-state index is 15.4. The Hall–Kier alpha value is -2.23. The lowest BCUT2D eigenvalue weighted by Crippen LogP contribution is -2.18. The lowest BCUT2D eigenvalue weighted by molar-refractivity contribution is 0.0635. The van der Waals surface area contributed by atoms with Crippen molar-refractivity contribution in [2.75, 3.05) is 6.54 Å². The lowest BCUT2D eigenvalue weighted by atomic mass is 9.91. The molecule has 0 heterocycles. The van der Waals surface area contributed by atoms with Crippen molar-refractivity contribution < 1.29 is 13.2 Å². The van der Waals surface area contributed by atoms with Crippen LogP contribution in [0.5, 0.6) is 0 Å². The van der Waals surface area contributed by atoms with Crippen LogP contribution >= 0.6 is 0 Å². The highest BCUT2D eigenvalue weighted by molar-refractivity contribution is 5.85. The number of alkyl halides is 2. The second-order valence-corrected chi connectivity index (χ2v) is 7.77. The molecule has 1 aromatic rings. The Morgan fingerprint density at radius 3 is 2.33 bits per heavy atom. The van der Waals surface area contributed by atoms with Crippen LogP contribution in [0.25, 0.3) is 11.3 Å². The Kier molecular flexibility index (Phi) is 10.2. The smallest absolute Gasteiger partial charge is 0.266 e. The minimum atomic E-state index is -2.90. The average molecular weight is 420 g/mol. The number of hydrogen-bond donors (Lipinski definition) is 1. The van der Waals surface area contributed by atoms with Crippen molar-refractivity contribution in [1.82, 2.24) is 5.32 Å². The fraction of sp³-hybridized carbons (Fsp3) is 0.462. The molecule has 4 heteroatoms. The summed E-state index contributed by atoms with van der Waals surface area (Å²) >= 11 is 0. The average Bonchev–Trinajstić information content (AvgIpc) is 2.69. The van der Waals surface area contributed by atoms with Crippen molar-refractivity contribution in [3.63, 3.8) is 0 Å². The van der Waals surface area contributed by atoms with Crippen LogP contribution in [0.3, 0.4) is 0 Å². The zero-order valence-corrected chi connectivity index (χ0v) is 19.4. The van der Waals surface area contributed by atoms with E-state index >= 15 is 4.39 Å². The molecule has 0 atom stereocenters. The molecule has 1 rings (SSSR count). The molecule has 166 valence electrons. The van der Waals surface area contributed by atoms with Crippen LogP contribution in [-0.2, 0) is 0 Å². The topological polar surface area (TPSA) is 12.0 Å². The molecule has 0 saturated carbocycles. The van der Waals surface area contributed by atoms with E-state index in [9.17, 15) is 8.78 Å². The molecule has 0 amide bonds. The van der Waals surface area contributed by atoms with Gasteiger partial charge in [0.05, 0.1) is 0 Å². The van der Waals surface area contributed by atoms with E-state index in [1.807, 2.05) is 39.0 Å². The molecule has 0 saturated heterocycles. The highest BCUT2D eigenvalue weighted by Crippen LogP contribution is 2.32. The van der Waals surface area contributed by atoms with Crippen LogP contribution in [0.2, 0.25) is 0 Å². The third kappa shape index (κ3) is 6.93. The van der Waals surface area contributed by atoms with E-state index in [-0.39, 0.29) is 11.4 Å². The fourth-order valence-corrected chi connectivity index (χ4v) is 2.96. The zero-order chi connectivity index (χ0) is 22.9. The number of benzene rings is 1. The van der Waals surface area contributed by atoms with Gasteiger partial charge in [-0.05, 0) is 68.4 Å². The van der Waals surface area contributed by atoms with Crippen molar-refractivity contribution in [3.05, 3.63) is 70.1 Å². The van der Waals surface area contributed by atoms with Gasteiger partial charge in [0.1, 0.15) is 5.82 Å². The van der Waals surface area contributed by atoms with Gasteiger partial charge in [-0.2, -0.15) is 0 Å². The summed E-state index contributed by atoms with van der Waals surface area (Å²) in [6.07, 6.45) is 9.52. The Morgan fingerprint density at radius 1 is 1.13 bits per heavy atom. The summed E-state index contributed by atoms with van der Waals surface area (Å²) in [6, 6.07) is 3.61. The van der Waals surface area contributed by atoms with Crippen molar-refractivity contribution in [3.8, 4) is 0 Å². The molecule has 0 radical (unpaired) electrons. The van der Waals surface area contributed by atoms with Crippen molar-refractivity contribution in [2.45, 2.75) is 73.7 Å². The van der Waals surface area contributed by atoms with Crippen LogP contribution in [0.4, 0.5) is 13.2 Å². The third-order valence-corrected chi connectivity index (χ3v) is 5.24. The number of unbranched alkanes of at least 4 members (excludes halogenated alkanes) is 1. The number of allylic oxidation sites excluding steroid dienone is 7. The van der Waals surface area contributed by atoms with Gasteiger partial charge in [-0.15, -0.1) is 0 Å². The normalized spacial score (nSPS) is 14.3. The lowest BCUT2D eigenvalue weighted by Gasteiger charge is -2.20. The van der Waals surface area contributed by atoms with Gasteiger partial charge < -0.3 is 5.32 Å². The number of rotatable bonds is 10. The summed E-state index contributed by atoms with van der Waals surface area (Å²) in [5.41, 5.74) is 4.24. The first-order valence-corrected chi connectivity index (χ1v) is 10.7. The number of halogens is 3. The van der Waals surface area contributed by atoms with E-state index in [4.69, 9.17) is 0 Å². The summed E-state index contributed by atoms with van der Waals surface area (Å²) in [4.78, 5) is 0. The molecule has 0 aromatic heterocycles. The Morgan fingerprint density at radius 2 is 1.80 bits per heavy atom. The van der Waals surface area contributed by atoms with Crippen LogP contribution in [-0.4, -0.2) is 12.5 Å². The van der Waals surface area contributed by atoms with Gasteiger partial charge in [0.15, 0.2) is 0 Å². The van der Waals surface area contributed by atoms with Crippen LogP contribution < -0.4 is 5.32 Å². The number of hydrogen-bond acceptors (Lipinski definition) is 1.